The van der Waals surface area contributed by atoms with E-state index in [-0.39, 0.29) is 19.0 Å². The van der Waals surface area contributed by atoms with Gasteiger partial charge in [-0.1, -0.05) is 37.3 Å². The Morgan fingerprint density at radius 1 is 1.08 bits per heavy atom. The summed E-state index contributed by atoms with van der Waals surface area (Å²) < 4.78 is 11.7. The third kappa shape index (κ3) is 1.36. The van der Waals surface area contributed by atoms with Gasteiger partial charge in [-0.2, -0.15) is 10.5 Å². The smallest absolute Gasteiger partial charge is 0.293 e. The fourth-order valence-electron chi connectivity index (χ4n) is 4.48. The molecule has 0 saturated heterocycles. The number of hydrogen-bond acceptors (Lipinski definition) is 6. The molecule has 1 saturated carbocycles. The Morgan fingerprint density at radius 2 is 1.67 bits per heavy atom. The van der Waals surface area contributed by atoms with Gasteiger partial charge in [-0.3, -0.25) is 0 Å². The largest absolute Gasteiger partial charge is 0.386 e. The molecule has 1 aliphatic carbocycles. The van der Waals surface area contributed by atoms with E-state index in [2.05, 4.69) is 17.1 Å². The van der Waals surface area contributed by atoms with Crippen molar-refractivity contribution in [1.29, 1.82) is 10.5 Å². The van der Waals surface area contributed by atoms with Gasteiger partial charge >= 0.3 is 0 Å². The quantitative estimate of drug-likeness (QED) is 0.835. The second-order valence-electron chi connectivity index (χ2n) is 6.16. The third-order valence-corrected chi connectivity index (χ3v) is 5.49. The van der Waals surface area contributed by atoms with Crippen LogP contribution >= 0.6 is 0 Å². The lowest BCUT2D eigenvalue weighted by Gasteiger charge is -2.34. The average molecular weight is 324 g/mol. The summed E-state index contributed by atoms with van der Waals surface area (Å²) in [5.41, 5.74) is 3.55. The van der Waals surface area contributed by atoms with E-state index in [0.717, 1.165) is 5.56 Å². The van der Waals surface area contributed by atoms with Gasteiger partial charge in [-0.15, -0.1) is 0 Å². The highest BCUT2D eigenvalue weighted by molar-refractivity contribution is 6.02. The van der Waals surface area contributed by atoms with Crippen LogP contribution in [0.25, 0.3) is 0 Å². The molecule has 2 aliphatic rings. The van der Waals surface area contributed by atoms with Crippen molar-refractivity contribution < 1.29 is 9.47 Å². The lowest BCUT2D eigenvalue weighted by molar-refractivity contribution is -0.257. The summed E-state index contributed by atoms with van der Waals surface area (Å²) in [6.07, 6.45) is 0. The Balaban J connectivity index is 2.31. The van der Waals surface area contributed by atoms with Crippen LogP contribution in [0.4, 0.5) is 0 Å². The van der Waals surface area contributed by atoms with Crippen molar-refractivity contribution >= 4 is 5.84 Å². The van der Waals surface area contributed by atoms with E-state index in [1.165, 1.54) is 0 Å². The number of amidine groups is 1. The molecule has 6 heteroatoms. The molecule has 0 radical (unpaired) electrons. The van der Waals surface area contributed by atoms with Gasteiger partial charge in [0.25, 0.3) is 5.91 Å². The predicted octanol–water partition coefficient (Wildman–Crippen LogP) is 2.08. The van der Waals surface area contributed by atoms with Crippen LogP contribution in [0.1, 0.15) is 26.3 Å². The molecule has 124 valence electrons. The molecule has 1 aromatic carbocycles. The van der Waals surface area contributed by atoms with Gasteiger partial charge in [0, 0.05) is 18.6 Å². The maximum Gasteiger partial charge on any atom is 0.293 e. The summed E-state index contributed by atoms with van der Waals surface area (Å²) in [6, 6.07) is 14.0. The lowest BCUT2D eigenvalue weighted by Crippen LogP contribution is -2.46. The molecule has 2 N–H and O–H groups in total. The van der Waals surface area contributed by atoms with Gasteiger partial charge in [0.15, 0.2) is 10.8 Å². The first kappa shape index (κ1) is 16.4. The van der Waals surface area contributed by atoms with Crippen molar-refractivity contribution in [2.24, 2.45) is 21.6 Å². The molecular formula is C18H20N4O2. The maximum absolute atomic E-state index is 10.2. The van der Waals surface area contributed by atoms with Gasteiger partial charge in [0.05, 0.1) is 12.1 Å². The molecule has 24 heavy (non-hydrogen) atoms. The van der Waals surface area contributed by atoms with Gasteiger partial charge < -0.3 is 15.2 Å². The molecule has 0 amide bonds. The van der Waals surface area contributed by atoms with E-state index in [9.17, 15) is 10.5 Å². The highest BCUT2D eigenvalue weighted by Gasteiger charge is 2.99. The standard InChI is InChI=1S/C18H20N4O2/c1-4-23-18(24-5-2)17(12-20)15(3,13-9-7-6-8-10-13)16(17,11-19)14(21)22-18/h6-10H,4-5H2,1-3H3,(H2,21,22)/t15-,16+,17-/m1/s1. The maximum atomic E-state index is 10.2. The summed E-state index contributed by atoms with van der Waals surface area (Å²) in [5.74, 6) is -1.48. The minimum atomic E-state index is -1.57. The Bertz CT molecular complexity index is 772. The van der Waals surface area contributed by atoms with E-state index in [4.69, 9.17) is 15.2 Å². The monoisotopic (exact) mass is 324 g/mol. The van der Waals surface area contributed by atoms with E-state index in [0.29, 0.717) is 0 Å². The number of ether oxygens (including phenoxy) is 2. The van der Waals surface area contributed by atoms with Crippen LogP contribution in [0.5, 0.6) is 0 Å². The Labute approximate surface area is 141 Å². The molecule has 0 unspecified atom stereocenters. The number of benzene rings is 1. The van der Waals surface area contributed by atoms with Gasteiger partial charge in [0.2, 0.25) is 0 Å². The predicted molar refractivity (Wildman–Crippen MR) is 87.5 cm³/mol. The summed E-state index contributed by atoms with van der Waals surface area (Å²) in [5, 5.41) is 20.2. The second-order valence-corrected chi connectivity index (χ2v) is 6.16. The average Bonchev–Trinajstić information content (AvgIpc) is 3.02. The molecular weight excluding hydrogens is 304 g/mol. The van der Waals surface area contributed by atoms with Crippen LogP contribution < -0.4 is 5.73 Å². The topological polar surface area (TPSA) is 104 Å². The second kappa shape index (κ2) is 5.04. The van der Waals surface area contributed by atoms with Crippen LogP contribution in [-0.2, 0) is 14.9 Å². The van der Waals surface area contributed by atoms with Crippen LogP contribution in [-0.4, -0.2) is 25.0 Å². The van der Waals surface area contributed by atoms with Crippen LogP contribution in [0.3, 0.4) is 0 Å². The molecule has 1 aromatic rings. The first-order valence-electron chi connectivity index (χ1n) is 7.99. The SMILES string of the molecule is CCOC1(OCC)N=C(N)[C@@]2(C#N)[C@@](C)(c3ccccc3)[C@@]12C#N. The third-order valence-electron chi connectivity index (χ3n) is 5.49. The number of aliphatic imine (C=N–C) groups is 1. The Kier molecular flexibility index (Phi) is 3.46. The van der Waals surface area contributed by atoms with Crippen molar-refractivity contribution in [3.8, 4) is 12.1 Å². The number of nitrogens with zero attached hydrogens (tertiary/aromatic N) is 3. The summed E-state index contributed by atoms with van der Waals surface area (Å²) in [6.45, 7) is 6.03. The number of fused-ring (bicyclic) bond motifs is 1. The summed E-state index contributed by atoms with van der Waals surface area (Å²) >= 11 is 0. The van der Waals surface area contributed by atoms with E-state index in [1.807, 2.05) is 37.3 Å². The minimum absolute atomic E-state index is 0.0970. The molecule has 1 fully saturated rings. The number of rotatable bonds is 5. The van der Waals surface area contributed by atoms with Crippen molar-refractivity contribution in [2.75, 3.05) is 13.2 Å². The van der Waals surface area contributed by atoms with E-state index >= 15 is 0 Å². The molecule has 1 aliphatic heterocycles. The molecule has 3 atom stereocenters. The van der Waals surface area contributed by atoms with Crippen LogP contribution in [0, 0.1) is 33.5 Å². The van der Waals surface area contributed by atoms with Crippen molar-refractivity contribution in [3.63, 3.8) is 0 Å². The summed E-state index contributed by atoms with van der Waals surface area (Å²) in [4.78, 5) is 4.34. The highest BCUT2D eigenvalue weighted by Crippen LogP contribution is 2.85. The zero-order valence-corrected chi connectivity index (χ0v) is 14.0. The molecule has 0 aromatic heterocycles. The van der Waals surface area contributed by atoms with Crippen LogP contribution in [0.15, 0.2) is 35.3 Å². The molecule has 0 spiro atoms. The Morgan fingerprint density at radius 3 is 2.12 bits per heavy atom. The number of hydrogen-bond donors (Lipinski definition) is 1. The zero-order chi connectivity index (χ0) is 17.6. The van der Waals surface area contributed by atoms with Gasteiger partial charge in [0.1, 0.15) is 5.84 Å². The van der Waals surface area contributed by atoms with E-state index < -0.39 is 22.2 Å². The normalized spacial score (nSPS) is 35.5. The lowest BCUT2D eigenvalue weighted by atomic mass is 9.84. The van der Waals surface area contributed by atoms with Crippen molar-refractivity contribution in [1.82, 2.24) is 0 Å². The van der Waals surface area contributed by atoms with Crippen LogP contribution in [0.2, 0.25) is 0 Å². The molecule has 3 rings (SSSR count). The minimum Gasteiger partial charge on any atom is -0.386 e. The fourth-order valence-corrected chi connectivity index (χ4v) is 4.48. The fraction of sp³-hybridized carbons (Fsp3) is 0.500. The van der Waals surface area contributed by atoms with E-state index in [1.54, 1.807) is 13.8 Å². The first-order chi connectivity index (χ1) is 11.5. The van der Waals surface area contributed by atoms with Crippen molar-refractivity contribution in [3.05, 3.63) is 35.9 Å². The van der Waals surface area contributed by atoms with Gasteiger partial charge in [-0.05, 0) is 19.4 Å². The molecule has 1 heterocycles. The number of nitrogens with two attached hydrogens (primary N) is 1. The van der Waals surface area contributed by atoms with Crippen molar-refractivity contribution in [2.45, 2.75) is 32.1 Å². The summed E-state index contributed by atoms with van der Waals surface area (Å²) in [7, 11) is 0. The zero-order valence-electron chi connectivity index (χ0n) is 14.0. The molecule has 0 bridgehead atoms. The molecule has 6 nitrogen and oxygen atoms in total. The highest BCUT2D eigenvalue weighted by atomic mass is 16.7. The van der Waals surface area contributed by atoms with Gasteiger partial charge in [-0.25, -0.2) is 4.99 Å². The number of nitriles is 2. The Hall–Kier alpha value is -2.41. The first-order valence-corrected chi connectivity index (χ1v) is 7.99.